The molecule has 2 aromatic carbocycles. The first-order valence-electron chi connectivity index (χ1n) is 10.2. The number of amides is 2. The fourth-order valence-corrected chi connectivity index (χ4v) is 4.39. The Morgan fingerprint density at radius 3 is 2.40 bits per heavy atom. The highest BCUT2D eigenvalue weighted by molar-refractivity contribution is 7.99. The SMILES string of the molecule is CC[C@H](C(=O)NC)N(Cc1cccc(OC)c1)C(=O)CSCc1cc(C)cc(C)c1. The number of carbonyl (C=O) groups excluding carboxylic acids is 2. The van der Waals surface area contributed by atoms with Crippen LogP contribution in [-0.4, -0.2) is 42.7 Å². The molecule has 0 aliphatic carbocycles. The van der Waals surface area contributed by atoms with E-state index < -0.39 is 6.04 Å². The molecule has 0 aliphatic rings. The molecule has 0 saturated carbocycles. The molecule has 0 aromatic heterocycles. The summed E-state index contributed by atoms with van der Waals surface area (Å²) in [6.07, 6.45) is 0.553. The third-order valence-corrected chi connectivity index (χ3v) is 5.88. The van der Waals surface area contributed by atoms with Crippen molar-refractivity contribution in [2.45, 2.75) is 45.5 Å². The first-order valence-corrected chi connectivity index (χ1v) is 11.3. The second-order valence-electron chi connectivity index (χ2n) is 7.40. The van der Waals surface area contributed by atoms with Gasteiger partial charge in [0.1, 0.15) is 11.8 Å². The molecule has 2 amide bonds. The summed E-state index contributed by atoms with van der Waals surface area (Å²) >= 11 is 1.58. The number of thioether (sulfide) groups is 1. The van der Waals surface area contributed by atoms with Crippen molar-refractivity contribution in [3.05, 3.63) is 64.7 Å². The van der Waals surface area contributed by atoms with E-state index in [9.17, 15) is 9.59 Å². The molecule has 0 heterocycles. The van der Waals surface area contributed by atoms with Gasteiger partial charge < -0.3 is 15.0 Å². The molecule has 162 valence electrons. The van der Waals surface area contributed by atoms with E-state index in [1.54, 1.807) is 30.8 Å². The lowest BCUT2D eigenvalue weighted by Gasteiger charge is -2.30. The lowest BCUT2D eigenvalue weighted by molar-refractivity contribution is -0.139. The molecule has 30 heavy (non-hydrogen) atoms. The van der Waals surface area contributed by atoms with Gasteiger partial charge in [0.15, 0.2) is 0 Å². The molecule has 2 aromatic rings. The second-order valence-corrected chi connectivity index (χ2v) is 8.39. The standard InChI is InChI=1S/C24H32N2O3S/c1-6-22(24(28)25-4)26(14-19-8-7-9-21(13-19)29-5)23(27)16-30-15-20-11-17(2)10-18(3)12-20/h7-13,22H,6,14-16H2,1-5H3,(H,25,28)/t22-/m1/s1. The zero-order valence-electron chi connectivity index (χ0n) is 18.5. The minimum Gasteiger partial charge on any atom is -0.497 e. The number of carbonyl (C=O) groups is 2. The van der Waals surface area contributed by atoms with Crippen LogP contribution in [0.1, 0.15) is 35.6 Å². The van der Waals surface area contributed by atoms with Crippen LogP contribution in [0.25, 0.3) is 0 Å². The number of rotatable bonds is 10. The largest absolute Gasteiger partial charge is 0.497 e. The number of methoxy groups -OCH3 is 1. The molecule has 5 nitrogen and oxygen atoms in total. The van der Waals surface area contributed by atoms with Gasteiger partial charge in [-0.2, -0.15) is 0 Å². The number of aryl methyl sites for hydroxylation is 2. The number of ether oxygens (including phenoxy) is 1. The van der Waals surface area contributed by atoms with Gasteiger partial charge in [0, 0.05) is 19.3 Å². The molecule has 0 radical (unpaired) electrons. The maximum absolute atomic E-state index is 13.1. The van der Waals surface area contributed by atoms with Gasteiger partial charge >= 0.3 is 0 Å². The predicted octanol–water partition coefficient (Wildman–Crippen LogP) is 4.10. The summed E-state index contributed by atoms with van der Waals surface area (Å²) < 4.78 is 5.30. The van der Waals surface area contributed by atoms with Crippen LogP contribution in [0.2, 0.25) is 0 Å². The summed E-state index contributed by atoms with van der Waals surface area (Å²) in [4.78, 5) is 27.3. The second kappa shape index (κ2) is 11.6. The summed E-state index contributed by atoms with van der Waals surface area (Å²) in [5.74, 6) is 1.63. The summed E-state index contributed by atoms with van der Waals surface area (Å²) in [6.45, 7) is 6.45. The minimum atomic E-state index is -0.504. The van der Waals surface area contributed by atoms with E-state index >= 15 is 0 Å². The highest BCUT2D eigenvalue weighted by Crippen LogP contribution is 2.20. The number of nitrogens with one attached hydrogen (secondary N) is 1. The molecular formula is C24H32N2O3S. The molecule has 6 heteroatoms. The van der Waals surface area contributed by atoms with Crippen LogP contribution >= 0.6 is 11.8 Å². The molecule has 0 aliphatic heterocycles. The third-order valence-electron chi connectivity index (χ3n) is 4.90. The van der Waals surface area contributed by atoms with E-state index in [0.717, 1.165) is 17.1 Å². The lowest BCUT2D eigenvalue weighted by atomic mass is 10.1. The van der Waals surface area contributed by atoms with Gasteiger partial charge in [-0.05, 0) is 43.5 Å². The van der Waals surface area contributed by atoms with Crippen molar-refractivity contribution in [3.63, 3.8) is 0 Å². The molecule has 2 rings (SSSR count). The summed E-state index contributed by atoms with van der Waals surface area (Å²) in [6, 6.07) is 13.6. The Kier molecular flexibility index (Phi) is 9.24. The fourth-order valence-electron chi connectivity index (χ4n) is 3.55. The molecule has 1 N–H and O–H groups in total. The Balaban J connectivity index is 2.13. The Labute approximate surface area is 184 Å². The summed E-state index contributed by atoms with van der Waals surface area (Å²) in [7, 11) is 3.22. The fraction of sp³-hybridized carbons (Fsp3) is 0.417. The highest BCUT2D eigenvalue weighted by Gasteiger charge is 2.27. The Morgan fingerprint density at radius 1 is 1.10 bits per heavy atom. The van der Waals surface area contributed by atoms with Crippen LogP contribution in [0.4, 0.5) is 0 Å². The van der Waals surface area contributed by atoms with Gasteiger partial charge in [0.05, 0.1) is 12.9 Å². The average Bonchev–Trinajstić information content (AvgIpc) is 2.72. The van der Waals surface area contributed by atoms with Crippen LogP contribution in [0, 0.1) is 13.8 Å². The van der Waals surface area contributed by atoms with Crippen molar-refractivity contribution < 1.29 is 14.3 Å². The average molecular weight is 429 g/mol. The quantitative estimate of drug-likeness (QED) is 0.619. The van der Waals surface area contributed by atoms with E-state index in [4.69, 9.17) is 4.74 Å². The highest BCUT2D eigenvalue weighted by atomic mass is 32.2. The van der Waals surface area contributed by atoms with Crippen molar-refractivity contribution in [1.29, 1.82) is 0 Å². The molecule has 0 unspecified atom stereocenters. The molecule has 0 spiro atoms. The van der Waals surface area contributed by atoms with E-state index in [-0.39, 0.29) is 11.8 Å². The number of hydrogen-bond acceptors (Lipinski definition) is 4. The lowest BCUT2D eigenvalue weighted by Crippen LogP contribution is -2.48. The number of benzene rings is 2. The van der Waals surface area contributed by atoms with Crippen molar-refractivity contribution in [2.24, 2.45) is 0 Å². The van der Waals surface area contributed by atoms with Crippen molar-refractivity contribution >= 4 is 23.6 Å². The van der Waals surface area contributed by atoms with Crippen LogP contribution < -0.4 is 10.1 Å². The Bertz CT molecular complexity index is 849. The zero-order valence-corrected chi connectivity index (χ0v) is 19.3. The third kappa shape index (κ3) is 6.80. The number of nitrogens with zero attached hydrogens (tertiary/aromatic N) is 1. The Hall–Kier alpha value is -2.47. The first-order chi connectivity index (χ1) is 14.4. The molecule has 0 saturated heterocycles. The first kappa shape index (κ1) is 23.8. The topological polar surface area (TPSA) is 58.6 Å². The predicted molar refractivity (Wildman–Crippen MR) is 124 cm³/mol. The van der Waals surface area contributed by atoms with Gasteiger partial charge in [-0.15, -0.1) is 11.8 Å². The summed E-state index contributed by atoms with van der Waals surface area (Å²) in [5.41, 5.74) is 4.59. The van der Waals surface area contributed by atoms with E-state index in [2.05, 4.69) is 37.4 Å². The Morgan fingerprint density at radius 2 is 1.80 bits per heavy atom. The number of hydrogen-bond donors (Lipinski definition) is 1. The molecule has 0 bridgehead atoms. The maximum Gasteiger partial charge on any atom is 0.242 e. The van der Waals surface area contributed by atoms with Crippen LogP contribution in [0.3, 0.4) is 0 Å². The molecular weight excluding hydrogens is 396 g/mol. The van der Waals surface area contributed by atoms with Gasteiger partial charge in [-0.1, -0.05) is 48.4 Å². The molecule has 0 fully saturated rings. The van der Waals surface area contributed by atoms with Gasteiger partial charge in [0.2, 0.25) is 11.8 Å². The van der Waals surface area contributed by atoms with Crippen molar-refractivity contribution in [2.75, 3.05) is 19.9 Å². The van der Waals surface area contributed by atoms with Crippen molar-refractivity contribution in [1.82, 2.24) is 10.2 Å². The van der Waals surface area contributed by atoms with Crippen LogP contribution in [-0.2, 0) is 21.9 Å². The zero-order chi connectivity index (χ0) is 22.1. The molecule has 1 atom stereocenters. The number of likely N-dealkylation sites (N-methyl/N-ethyl adjacent to an activating group) is 1. The van der Waals surface area contributed by atoms with Crippen LogP contribution in [0.5, 0.6) is 5.75 Å². The van der Waals surface area contributed by atoms with Gasteiger partial charge in [0.25, 0.3) is 0 Å². The maximum atomic E-state index is 13.1. The normalized spacial score (nSPS) is 11.6. The van der Waals surface area contributed by atoms with E-state index in [1.165, 1.54) is 16.7 Å². The van der Waals surface area contributed by atoms with Gasteiger partial charge in [-0.3, -0.25) is 9.59 Å². The minimum absolute atomic E-state index is 0.0392. The monoisotopic (exact) mass is 428 g/mol. The van der Waals surface area contributed by atoms with E-state index in [1.807, 2.05) is 31.2 Å². The van der Waals surface area contributed by atoms with Crippen molar-refractivity contribution in [3.8, 4) is 5.75 Å². The van der Waals surface area contributed by atoms with Crippen LogP contribution in [0.15, 0.2) is 42.5 Å². The summed E-state index contributed by atoms with van der Waals surface area (Å²) in [5, 5.41) is 2.69. The smallest absolute Gasteiger partial charge is 0.242 e. The van der Waals surface area contributed by atoms with E-state index in [0.29, 0.717) is 18.7 Å². The van der Waals surface area contributed by atoms with Gasteiger partial charge in [-0.25, -0.2) is 0 Å².